The third-order valence-electron chi connectivity index (χ3n) is 4.99. The van der Waals surface area contributed by atoms with Crippen LogP contribution < -0.4 is 16.2 Å². The van der Waals surface area contributed by atoms with Crippen molar-refractivity contribution in [1.29, 1.82) is 0 Å². The van der Waals surface area contributed by atoms with E-state index >= 15 is 0 Å². The Bertz CT molecular complexity index is 1230. The summed E-state index contributed by atoms with van der Waals surface area (Å²) in [6.07, 6.45) is 5.19. The number of ether oxygens (including phenoxy) is 1. The highest BCUT2D eigenvalue weighted by molar-refractivity contribution is 7.90. The van der Waals surface area contributed by atoms with Crippen LogP contribution in [0.15, 0.2) is 54.2 Å². The predicted molar refractivity (Wildman–Crippen MR) is 142 cm³/mol. The fourth-order valence-electron chi connectivity index (χ4n) is 3.05. The fourth-order valence-corrected chi connectivity index (χ4v) is 4.06. The third-order valence-corrected chi connectivity index (χ3v) is 6.62. The molecule has 0 radical (unpaired) electrons. The lowest BCUT2D eigenvalue weighted by Gasteiger charge is -2.24. The Hall–Kier alpha value is -3.64. The number of para-hydroxylation sites is 1. The van der Waals surface area contributed by atoms with Gasteiger partial charge in [-0.05, 0) is 45.7 Å². The number of nitrogens with one attached hydrogen (secondary N) is 3. The molecule has 1 amide bonds. The van der Waals surface area contributed by atoms with Crippen molar-refractivity contribution in [2.45, 2.75) is 58.0 Å². The van der Waals surface area contributed by atoms with Crippen molar-refractivity contribution < 1.29 is 22.3 Å². The molecule has 0 saturated heterocycles. The number of guanidine groups is 1. The Labute approximate surface area is 217 Å². The van der Waals surface area contributed by atoms with Gasteiger partial charge in [-0.1, -0.05) is 30.9 Å². The van der Waals surface area contributed by atoms with Crippen LogP contribution in [-0.2, 0) is 19.6 Å². The number of rotatable bonds is 11. The number of carbonyl (C=O) groups is 1. The molecule has 37 heavy (non-hydrogen) atoms. The predicted octanol–water partition coefficient (Wildman–Crippen LogP) is 3.81. The Morgan fingerprint density at radius 2 is 1.86 bits per heavy atom. The summed E-state index contributed by atoms with van der Waals surface area (Å²) < 4.78 is 51.1. The minimum atomic E-state index is -4.34. The maximum absolute atomic E-state index is 14.6. The highest BCUT2D eigenvalue weighted by Crippen LogP contribution is 2.27. The van der Waals surface area contributed by atoms with Gasteiger partial charge in [0.15, 0.2) is 5.82 Å². The van der Waals surface area contributed by atoms with Crippen LogP contribution in [0.2, 0.25) is 0 Å². The first kappa shape index (κ1) is 29.6. The van der Waals surface area contributed by atoms with Gasteiger partial charge in [0.05, 0.1) is 11.8 Å². The molecule has 0 saturated carbocycles. The van der Waals surface area contributed by atoms with Gasteiger partial charge in [-0.3, -0.25) is 15.6 Å². The lowest BCUT2D eigenvalue weighted by Crippen LogP contribution is -2.46. The van der Waals surface area contributed by atoms with Crippen molar-refractivity contribution in [1.82, 2.24) is 20.8 Å². The highest BCUT2D eigenvalue weighted by atomic mass is 32.2. The van der Waals surface area contributed by atoms with Gasteiger partial charge in [0.25, 0.3) is 10.0 Å². The summed E-state index contributed by atoms with van der Waals surface area (Å²) in [4.78, 5) is 20.6. The van der Waals surface area contributed by atoms with Crippen LogP contribution in [0.25, 0.3) is 6.08 Å². The number of aryl methyl sites for hydroxylation is 1. The second-order valence-electron chi connectivity index (χ2n) is 8.42. The largest absolute Gasteiger partial charge is 0.366 e. The number of hydrogen-bond acceptors (Lipinski definition) is 6. The molecular weight excluding hydrogens is 499 g/mol. The summed E-state index contributed by atoms with van der Waals surface area (Å²) >= 11 is 0. The lowest BCUT2D eigenvalue weighted by molar-refractivity contribution is -0.121. The number of halogens is 1. The van der Waals surface area contributed by atoms with Gasteiger partial charge in [-0.15, -0.1) is 11.0 Å². The number of hydrazine groups is 1. The second kappa shape index (κ2) is 13.6. The molecule has 1 aromatic heterocycles. The first-order chi connectivity index (χ1) is 17.5. The zero-order valence-electron chi connectivity index (χ0n) is 21.4. The number of benzene rings is 1. The van der Waals surface area contributed by atoms with E-state index in [1.54, 1.807) is 45.3 Å². The summed E-state index contributed by atoms with van der Waals surface area (Å²) in [6, 6.07) is 4.25. The maximum atomic E-state index is 14.6. The molecule has 0 bridgehead atoms. The Morgan fingerprint density at radius 3 is 2.46 bits per heavy atom. The Kier molecular flexibility index (Phi) is 10.9. The molecule has 200 valence electrons. The van der Waals surface area contributed by atoms with E-state index in [2.05, 4.69) is 43.7 Å². The van der Waals surface area contributed by atoms with E-state index in [1.165, 1.54) is 25.1 Å². The first-order valence-corrected chi connectivity index (χ1v) is 13.1. The molecule has 2 unspecified atom stereocenters. The molecule has 2 atom stereocenters. The number of amides is 1. The minimum Gasteiger partial charge on any atom is -0.366 e. The van der Waals surface area contributed by atoms with Crippen LogP contribution in [0.5, 0.6) is 0 Å². The van der Waals surface area contributed by atoms with Crippen LogP contribution in [0.1, 0.15) is 56.7 Å². The summed E-state index contributed by atoms with van der Waals surface area (Å²) in [5, 5.41) is 1.38. The Balaban J connectivity index is 2.47. The zero-order valence-corrected chi connectivity index (χ0v) is 22.2. The number of allylic oxidation sites excluding steroid dienone is 1. The standard InChI is InChI=1S/C25H33FN6O4S/c1-7-9-13-21(33)30-31-25(29-22-19(8-2)11-10-12-20(22)26)32-37(34,35)18(6)23(36-16(3)4)24-27-14-17(5)15-28-24/h7-8,10-12,14-16,18,23H,1-2,9,13H2,3-6H3,(H,30,33)(H2,29,31,32). The van der Waals surface area contributed by atoms with Crippen LogP contribution in [0.3, 0.4) is 0 Å². The first-order valence-electron chi connectivity index (χ1n) is 11.6. The summed E-state index contributed by atoms with van der Waals surface area (Å²) in [5.74, 6) is -1.38. The summed E-state index contributed by atoms with van der Waals surface area (Å²) in [6.45, 7) is 13.9. The highest BCUT2D eigenvalue weighted by Gasteiger charge is 2.34. The Morgan fingerprint density at radius 1 is 1.19 bits per heavy atom. The van der Waals surface area contributed by atoms with Gasteiger partial charge >= 0.3 is 0 Å². The quantitative estimate of drug-likeness (QED) is 0.172. The van der Waals surface area contributed by atoms with Crippen molar-refractivity contribution in [2.75, 3.05) is 5.32 Å². The van der Waals surface area contributed by atoms with Gasteiger partial charge in [0, 0.05) is 24.4 Å². The van der Waals surface area contributed by atoms with Gasteiger partial charge in [0.1, 0.15) is 17.2 Å². The molecule has 0 aliphatic heterocycles. The van der Waals surface area contributed by atoms with Crippen molar-refractivity contribution in [3.8, 4) is 0 Å². The molecule has 10 nitrogen and oxygen atoms in total. The molecule has 2 aromatic rings. The molecule has 12 heteroatoms. The van der Waals surface area contributed by atoms with Crippen molar-refractivity contribution in [3.05, 3.63) is 72.6 Å². The van der Waals surface area contributed by atoms with Crippen LogP contribution in [0, 0.1) is 12.7 Å². The van der Waals surface area contributed by atoms with E-state index in [1.807, 2.05) is 0 Å². The number of sulfonamides is 1. The molecule has 0 aliphatic rings. The summed E-state index contributed by atoms with van der Waals surface area (Å²) in [5.41, 5.74) is 5.87. The number of aromatic nitrogens is 2. The van der Waals surface area contributed by atoms with E-state index in [0.717, 1.165) is 5.56 Å². The molecule has 0 fully saturated rings. The van der Waals surface area contributed by atoms with E-state index in [0.29, 0.717) is 12.0 Å². The van der Waals surface area contributed by atoms with Gasteiger partial charge in [-0.2, -0.15) is 0 Å². The van der Waals surface area contributed by atoms with Gasteiger partial charge in [-0.25, -0.2) is 22.8 Å². The second-order valence-corrected chi connectivity index (χ2v) is 10.4. The van der Waals surface area contributed by atoms with Crippen LogP contribution in [0.4, 0.5) is 10.1 Å². The molecule has 2 rings (SSSR count). The number of carbonyl (C=O) groups excluding carboxylic acids is 1. The smallest absolute Gasteiger partial charge is 0.262 e. The number of nitrogens with zero attached hydrogens (tertiary/aromatic N) is 3. The molecule has 0 aliphatic carbocycles. The third kappa shape index (κ3) is 8.76. The van der Waals surface area contributed by atoms with Crippen LogP contribution >= 0.6 is 0 Å². The zero-order chi connectivity index (χ0) is 27.6. The molecule has 0 spiro atoms. The average molecular weight is 533 g/mol. The van der Waals surface area contributed by atoms with Gasteiger partial charge < -0.3 is 10.1 Å². The molecular formula is C25H33FN6O4S. The molecule has 3 N–H and O–H groups in total. The average Bonchev–Trinajstić information content (AvgIpc) is 2.85. The molecule has 1 heterocycles. The molecule has 1 aromatic carbocycles. The lowest BCUT2D eigenvalue weighted by atomic mass is 10.1. The minimum absolute atomic E-state index is 0.0798. The topological polar surface area (TPSA) is 135 Å². The van der Waals surface area contributed by atoms with Crippen LogP contribution in [-0.4, -0.2) is 41.6 Å². The SMILES string of the molecule is C=CCCC(=O)NNC(=NS(=O)(=O)C(C)C(OC(C)C)c1ncc(C)cn1)Nc1c(F)cccc1C=C. The van der Waals surface area contributed by atoms with Gasteiger partial charge in [0.2, 0.25) is 11.9 Å². The van der Waals surface area contributed by atoms with E-state index in [-0.39, 0.29) is 24.0 Å². The van der Waals surface area contributed by atoms with E-state index < -0.39 is 39.1 Å². The number of anilines is 1. The van der Waals surface area contributed by atoms with E-state index in [9.17, 15) is 17.6 Å². The fraction of sp³-hybridized carbons (Fsp3) is 0.360. The van der Waals surface area contributed by atoms with E-state index in [4.69, 9.17) is 4.74 Å². The van der Waals surface area contributed by atoms with Crippen molar-refractivity contribution >= 4 is 33.7 Å². The monoisotopic (exact) mass is 532 g/mol. The normalized spacial score (nSPS) is 13.5. The maximum Gasteiger partial charge on any atom is 0.262 e. The number of hydrogen-bond donors (Lipinski definition) is 3. The summed E-state index contributed by atoms with van der Waals surface area (Å²) in [7, 11) is -4.34. The van der Waals surface area contributed by atoms with Crippen molar-refractivity contribution in [3.63, 3.8) is 0 Å². The van der Waals surface area contributed by atoms with Crippen molar-refractivity contribution in [2.24, 2.45) is 4.40 Å².